The molecule has 0 atom stereocenters. The van der Waals surface area contributed by atoms with Gasteiger partial charge in [0.05, 0.1) is 0 Å². The first-order valence-corrected chi connectivity index (χ1v) is 1.84. The van der Waals surface area contributed by atoms with Crippen molar-refractivity contribution in [3.63, 3.8) is 0 Å². The Labute approximate surface area is 84.2 Å². The molecule has 0 aromatic heterocycles. The van der Waals surface area contributed by atoms with Crippen LogP contribution in [0.25, 0.3) is 0 Å². The number of hydrogen-bond acceptors (Lipinski definition) is 7. The zero-order chi connectivity index (χ0) is 3.58. The van der Waals surface area contributed by atoms with Gasteiger partial charge in [-0.15, -0.1) is 0 Å². The van der Waals surface area contributed by atoms with Crippen molar-refractivity contribution in [3.8, 4) is 0 Å². The average molecular weight is 219 g/mol. The third-order valence-electron chi connectivity index (χ3n) is 0. The minimum absolute atomic E-state index is 0. The molecule has 0 heterocycles. The molecule has 0 spiro atoms. The van der Waals surface area contributed by atoms with Crippen LogP contribution in [0.2, 0.25) is 0 Å². The predicted octanol–water partition coefficient (Wildman–Crippen LogP) is -3.97. The first-order chi connectivity index (χ1) is 1.73. The van der Waals surface area contributed by atoms with Gasteiger partial charge in [-0.2, -0.15) is 0 Å². The first-order valence-electron chi connectivity index (χ1n) is 0.612. The summed E-state index contributed by atoms with van der Waals surface area (Å²) in [6.45, 7) is 0. The fraction of sp³-hybridized carbons (Fsp3) is 0. The molecule has 4 N–H and O–H groups in total. The maximum Gasteiger partial charge on any atom is 3.00 e. The Morgan fingerprint density at radius 3 is 0.900 bits per heavy atom. The molecule has 7 nitrogen and oxygen atoms in total. The summed E-state index contributed by atoms with van der Waals surface area (Å²) in [4.78, 5) is 17.0. The van der Waals surface area contributed by atoms with Crippen molar-refractivity contribution < 1.29 is 57.7 Å². The molecule has 0 saturated heterocycles. The van der Waals surface area contributed by atoms with Crippen LogP contribution >= 0.6 is 0 Å². The van der Waals surface area contributed by atoms with Crippen LogP contribution in [0, 0.1) is 0 Å². The van der Waals surface area contributed by atoms with Crippen LogP contribution < -0.4 is 9.59 Å². The molecular weight excluding hydrogens is 215 g/mol. The molecule has 60 valence electrons. The van der Waals surface area contributed by atoms with Crippen molar-refractivity contribution in [2.24, 2.45) is 0 Å². The summed E-state index contributed by atoms with van der Waals surface area (Å²) in [7, 11) is -3.63. The van der Waals surface area contributed by atoms with Gasteiger partial charge < -0.3 is 36.0 Å². The second-order valence-electron chi connectivity index (χ2n) is 0.250. The molecule has 0 unspecified atom stereocenters. The molecule has 0 aliphatic carbocycles. The second kappa shape index (κ2) is 53.6. The molecule has 0 aliphatic rings. The van der Waals surface area contributed by atoms with Gasteiger partial charge in [-0.1, -0.05) is 0 Å². The maximum atomic E-state index is 8.52. The Kier molecular flexibility index (Phi) is 394. The third-order valence-corrected chi connectivity index (χ3v) is 0. The molecular formula is H4AlO7SiTi-3. The van der Waals surface area contributed by atoms with E-state index in [0.717, 1.165) is 0 Å². The van der Waals surface area contributed by atoms with Gasteiger partial charge in [-0.05, 0) is 0 Å². The fourth-order valence-corrected chi connectivity index (χ4v) is 0. The zero-order valence-electron chi connectivity index (χ0n) is 4.59. The van der Waals surface area contributed by atoms with Crippen LogP contribution in [0.1, 0.15) is 0 Å². The van der Waals surface area contributed by atoms with Crippen LogP contribution in [-0.2, 0) is 26.2 Å². The van der Waals surface area contributed by atoms with E-state index in [0.29, 0.717) is 0 Å². The molecule has 0 amide bonds. The molecule has 0 aromatic rings. The van der Waals surface area contributed by atoms with Gasteiger partial charge in [-0.3, -0.25) is 0 Å². The second-order valence-corrected chi connectivity index (χ2v) is 0.750. The van der Waals surface area contributed by atoms with Crippen molar-refractivity contribution in [3.05, 3.63) is 0 Å². The van der Waals surface area contributed by atoms with Gasteiger partial charge in [0, 0.05) is 30.9 Å². The van der Waals surface area contributed by atoms with Crippen LogP contribution in [0.15, 0.2) is 0 Å². The molecule has 10 heteroatoms. The minimum Gasteiger partial charge on any atom is -0.870 e. The summed E-state index contributed by atoms with van der Waals surface area (Å²) in [5.74, 6) is 0. The van der Waals surface area contributed by atoms with Gasteiger partial charge in [0.2, 0.25) is 0 Å². The van der Waals surface area contributed by atoms with Gasteiger partial charge in [0.25, 0.3) is 0 Å². The van der Waals surface area contributed by atoms with E-state index in [1.807, 2.05) is 0 Å². The summed E-state index contributed by atoms with van der Waals surface area (Å²) in [5, 5.41) is 0. The average Bonchev–Trinajstić information content (AvgIpc) is 0.811. The molecule has 0 aromatic carbocycles. The summed E-state index contributed by atoms with van der Waals surface area (Å²) < 4.78 is 8.52. The normalized spacial score (nSPS) is 2.40. The summed E-state index contributed by atoms with van der Waals surface area (Å²) in [6.07, 6.45) is 0. The molecule has 0 radical (unpaired) electrons. The Morgan fingerprint density at radius 1 is 0.900 bits per heavy atom. The molecule has 10 heavy (non-hydrogen) atoms. The van der Waals surface area contributed by atoms with E-state index in [4.69, 9.17) is 14.1 Å². The quantitative estimate of drug-likeness (QED) is 0.371. The monoisotopic (exact) mass is 219 g/mol. The molecule has 0 saturated carbocycles. The molecule has 0 fully saturated rings. The third kappa shape index (κ3) is 1040. The molecule has 0 bridgehead atoms. The van der Waals surface area contributed by atoms with Crippen LogP contribution in [0.5, 0.6) is 0 Å². The van der Waals surface area contributed by atoms with Crippen molar-refractivity contribution in [2.45, 2.75) is 0 Å². The van der Waals surface area contributed by atoms with Gasteiger partial charge in [0.1, 0.15) is 0 Å². The van der Waals surface area contributed by atoms with E-state index in [2.05, 4.69) is 0 Å². The Morgan fingerprint density at radius 2 is 0.900 bits per heavy atom. The van der Waals surface area contributed by atoms with Crippen LogP contribution in [0.3, 0.4) is 0 Å². The topological polar surface area (TPSA) is 183 Å². The van der Waals surface area contributed by atoms with Crippen molar-refractivity contribution >= 4 is 26.5 Å². The predicted molar refractivity (Wildman–Crippen MR) is 19.9 cm³/mol. The van der Waals surface area contributed by atoms with E-state index < -0.39 is 9.17 Å². The summed E-state index contributed by atoms with van der Waals surface area (Å²) >= 11 is 0. The van der Waals surface area contributed by atoms with Crippen molar-refractivity contribution in [1.29, 1.82) is 0 Å². The van der Waals surface area contributed by atoms with E-state index in [-0.39, 0.29) is 61.0 Å². The van der Waals surface area contributed by atoms with Crippen molar-refractivity contribution in [2.75, 3.05) is 0 Å². The molecule has 0 aliphatic heterocycles. The fourth-order valence-electron chi connectivity index (χ4n) is 0. The van der Waals surface area contributed by atoms with Crippen LogP contribution in [0.4, 0.5) is 0 Å². The van der Waals surface area contributed by atoms with Gasteiger partial charge in [0.15, 0.2) is 0 Å². The number of hydrogen-bond donors (Lipinski definition) is 0. The molecule has 0 rings (SSSR count). The Hall–Kier alpha value is 0.704. The number of rotatable bonds is 0. The zero-order valence-corrected chi connectivity index (χ0v) is 8.31. The standard InChI is InChI=1S/Al.O3Si.4H2O.Ti/c;1-4(2)3;;;;;/h;;4*1H2;/q+3;-2;;;;;/p-4. The minimum atomic E-state index is -3.63. The largest absolute Gasteiger partial charge is 3.00 e. The first kappa shape index (κ1) is 73.5. The summed E-state index contributed by atoms with van der Waals surface area (Å²) in [6, 6.07) is 0. The van der Waals surface area contributed by atoms with Crippen LogP contribution in [-0.4, -0.2) is 48.4 Å². The van der Waals surface area contributed by atoms with E-state index in [1.54, 1.807) is 0 Å². The van der Waals surface area contributed by atoms with E-state index in [1.165, 1.54) is 0 Å². The Bertz CT molecular complexity index is 36.6. The summed E-state index contributed by atoms with van der Waals surface area (Å²) in [5.41, 5.74) is 0. The maximum absolute atomic E-state index is 8.52. The van der Waals surface area contributed by atoms with Gasteiger partial charge >= 0.3 is 17.4 Å². The Balaban J connectivity index is -0.00000000300. The smallest absolute Gasteiger partial charge is 0.870 e. The van der Waals surface area contributed by atoms with E-state index in [9.17, 15) is 0 Å². The van der Waals surface area contributed by atoms with Gasteiger partial charge in [-0.25, -0.2) is 0 Å². The van der Waals surface area contributed by atoms with E-state index >= 15 is 0 Å². The SMILES string of the molecule is O=[Si]([O-])[O-].[Al+3].[OH-].[OH-].[OH-].[OH-].[Ti]. The van der Waals surface area contributed by atoms with Crippen molar-refractivity contribution in [1.82, 2.24) is 0 Å².